The fourth-order valence-electron chi connectivity index (χ4n) is 2.20. The molecule has 0 spiro atoms. The lowest BCUT2D eigenvalue weighted by Gasteiger charge is -2.25. The fraction of sp³-hybridized carbons (Fsp3) is 0.471. The molecule has 1 unspecified atom stereocenters. The van der Waals surface area contributed by atoms with Gasteiger partial charge in [0.2, 0.25) is 11.8 Å². The van der Waals surface area contributed by atoms with Gasteiger partial charge in [-0.1, -0.05) is 19.1 Å². The van der Waals surface area contributed by atoms with E-state index < -0.39 is 12.0 Å². The molecule has 2 amide bonds. The molecule has 0 aliphatic heterocycles. The van der Waals surface area contributed by atoms with E-state index in [1.165, 1.54) is 18.7 Å². The van der Waals surface area contributed by atoms with Gasteiger partial charge >= 0.3 is 5.97 Å². The summed E-state index contributed by atoms with van der Waals surface area (Å²) in [5.74, 6) is -1.50. The van der Waals surface area contributed by atoms with Crippen LogP contribution < -0.4 is 10.6 Å². The lowest BCUT2D eigenvalue weighted by molar-refractivity contribution is -0.142. The zero-order valence-corrected chi connectivity index (χ0v) is 14.3. The Morgan fingerprint density at radius 3 is 2.58 bits per heavy atom. The van der Waals surface area contributed by atoms with Gasteiger partial charge < -0.3 is 15.7 Å². The normalized spacial score (nSPS) is 11.8. The summed E-state index contributed by atoms with van der Waals surface area (Å²) in [4.78, 5) is 35.9. The summed E-state index contributed by atoms with van der Waals surface area (Å²) in [6, 6.07) is 6.69. The second kappa shape index (κ2) is 9.67. The number of amides is 2. The van der Waals surface area contributed by atoms with Crippen molar-refractivity contribution in [3.8, 4) is 0 Å². The second-order valence-corrected chi connectivity index (χ2v) is 5.57. The van der Waals surface area contributed by atoms with Gasteiger partial charge in [0.25, 0.3) is 0 Å². The van der Waals surface area contributed by atoms with Gasteiger partial charge in [0.05, 0.1) is 6.54 Å². The van der Waals surface area contributed by atoms with Crippen LogP contribution in [-0.2, 0) is 20.8 Å². The molecule has 0 aliphatic rings. The highest BCUT2D eigenvalue weighted by Crippen LogP contribution is 2.11. The SMILES string of the molecule is CCc1cccc(NC(=O)CN(CCNC(C)=O)C(C)C(=O)O)c1. The first-order valence-electron chi connectivity index (χ1n) is 7.93. The van der Waals surface area contributed by atoms with Gasteiger partial charge in [-0.3, -0.25) is 19.3 Å². The number of hydrogen-bond donors (Lipinski definition) is 3. The van der Waals surface area contributed by atoms with Crippen LogP contribution in [0.3, 0.4) is 0 Å². The van der Waals surface area contributed by atoms with Crippen molar-refractivity contribution in [2.75, 3.05) is 25.0 Å². The minimum Gasteiger partial charge on any atom is -0.480 e. The van der Waals surface area contributed by atoms with E-state index in [1.807, 2.05) is 25.1 Å². The average Bonchev–Trinajstić information content (AvgIpc) is 2.52. The molecule has 0 aliphatic carbocycles. The van der Waals surface area contributed by atoms with E-state index in [4.69, 9.17) is 0 Å². The Balaban J connectivity index is 2.67. The maximum atomic E-state index is 12.2. The summed E-state index contributed by atoms with van der Waals surface area (Å²) in [5.41, 5.74) is 1.79. The number of aliphatic carboxylic acids is 1. The summed E-state index contributed by atoms with van der Waals surface area (Å²) < 4.78 is 0. The third-order valence-corrected chi connectivity index (χ3v) is 3.64. The zero-order valence-electron chi connectivity index (χ0n) is 14.3. The molecule has 0 saturated carbocycles. The summed E-state index contributed by atoms with van der Waals surface area (Å²) >= 11 is 0. The highest BCUT2D eigenvalue weighted by Gasteiger charge is 2.22. The largest absolute Gasteiger partial charge is 0.480 e. The monoisotopic (exact) mass is 335 g/mol. The summed E-state index contributed by atoms with van der Waals surface area (Å²) in [6.45, 7) is 5.42. The van der Waals surface area contributed by atoms with Crippen molar-refractivity contribution >= 4 is 23.5 Å². The third kappa shape index (κ3) is 6.78. The van der Waals surface area contributed by atoms with Gasteiger partial charge in [0, 0.05) is 25.7 Å². The Kier molecular flexibility index (Phi) is 7.91. The van der Waals surface area contributed by atoms with Crippen molar-refractivity contribution in [3.05, 3.63) is 29.8 Å². The average molecular weight is 335 g/mol. The van der Waals surface area contributed by atoms with Crippen LogP contribution >= 0.6 is 0 Å². The minimum atomic E-state index is -1.02. The van der Waals surface area contributed by atoms with Crippen molar-refractivity contribution in [1.29, 1.82) is 0 Å². The van der Waals surface area contributed by atoms with Crippen LogP contribution in [0.1, 0.15) is 26.3 Å². The number of anilines is 1. The molecule has 7 heteroatoms. The maximum absolute atomic E-state index is 12.2. The quantitative estimate of drug-likeness (QED) is 0.628. The van der Waals surface area contributed by atoms with Gasteiger partial charge in [-0.2, -0.15) is 0 Å². The molecule has 1 aromatic carbocycles. The van der Waals surface area contributed by atoms with E-state index in [2.05, 4.69) is 10.6 Å². The highest BCUT2D eigenvalue weighted by molar-refractivity contribution is 5.92. The number of benzene rings is 1. The van der Waals surface area contributed by atoms with E-state index in [-0.39, 0.29) is 31.4 Å². The molecule has 0 bridgehead atoms. The fourth-order valence-corrected chi connectivity index (χ4v) is 2.20. The summed E-state index contributed by atoms with van der Waals surface area (Å²) in [6.07, 6.45) is 0.864. The van der Waals surface area contributed by atoms with Crippen LogP contribution in [0, 0.1) is 0 Å². The predicted molar refractivity (Wildman–Crippen MR) is 91.8 cm³/mol. The lowest BCUT2D eigenvalue weighted by Crippen LogP contribution is -2.46. The molecular weight excluding hydrogens is 310 g/mol. The van der Waals surface area contributed by atoms with E-state index >= 15 is 0 Å². The molecule has 1 aromatic rings. The van der Waals surface area contributed by atoms with Crippen molar-refractivity contribution in [2.45, 2.75) is 33.2 Å². The lowest BCUT2D eigenvalue weighted by atomic mass is 10.1. The van der Waals surface area contributed by atoms with Crippen LogP contribution in [0.15, 0.2) is 24.3 Å². The minimum absolute atomic E-state index is 0.0661. The number of nitrogens with zero attached hydrogens (tertiary/aromatic N) is 1. The van der Waals surface area contributed by atoms with E-state index in [0.717, 1.165) is 12.0 Å². The zero-order chi connectivity index (χ0) is 18.1. The van der Waals surface area contributed by atoms with E-state index in [9.17, 15) is 19.5 Å². The predicted octanol–water partition coefficient (Wildman–Crippen LogP) is 1.10. The first-order valence-corrected chi connectivity index (χ1v) is 7.93. The first kappa shape index (κ1) is 19.6. The Morgan fingerprint density at radius 2 is 2.00 bits per heavy atom. The van der Waals surface area contributed by atoms with Crippen molar-refractivity contribution in [2.24, 2.45) is 0 Å². The molecule has 7 nitrogen and oxygen atoms in total. The molecule has 0 saturated heterocycles. The molecule has 0 heterocycles. The Bertz CT molecular complexity index is 589. The number of carbonyl (C=O) groups excluding carboxylic acids is 2. The number of carboxylic acid groups (broad SMARTS) is 1. The first-order chi connectivity index (χ1) is 11.3. The van der Waals surface area contributed by atoms with Crippen LogP contribution in [0.5, 0.6) is 0 Å². The summed E-state index contributed by atoms with van der Waals surface area (Å²) in [5, 5.41) is 14.6. The third-order valence-electron chi connectivity index (χ3n) is 3.64. The number of carbonyl (C=O) groups is 3. The van der Waals surface area contributed by atoms with Crippen LogP contribution in [0.4, 0.5) is 5.69 Å². The molecule has 1 rings (SSSR count). The molecule has 3 N–H and O–H groups in total. The Labute approximate surface area is 142 Å². The van der Waals surface area contributed by atoms with Crippen molar-refractivity contribution in [3.63, 3.8) is 0 Å². The summed E-state index contributed by atoms with van der Waals surface area (Å²) in [7, 11) is 0. The standard InChI is InChI=1S/C17H25N3O4/c1-4-14-6-5-7-15(10-14)19-16(22)11-20(12(2)17(23)24)9-8-18-13(3)21/h5-7,10,12H,4,8-9,11H2,1-3H3,(H,18,21)(H,19,22)(H,23,24). The Morgan fingerprint density at radius 1 is 1.29 bits per heavy atom. The molecule has 0 radical (unpaired) electrons. The van der Waals surface area contributed by atoms with Crippen LogP contribution in [-0.4, -0.2) is 53.5 Å². The maximum Gasteiger partial charge on any atom is 0.320 e. The molecule has 0 fully saturated rings. The van der Waals surface area contributed by atoms with Gasteiger partial charge in [-0.25, -0.2) is 0 Å². The Hall–Kier alpha value is -2.41. The van der Waals surface area contributed by atoms with Gasteiger partial charge in [0.15, 0.2) is 0 Å². The van der Waals surface area contributed by atoms with Gasteiger partial charge in [-0.15, -0.1) is 0 Å². The molecule has 132 valence electrons. The van der Waals surface area contributed by atoms with Crippen molar-refractivity contribution in [1.82, 2.24) is 10.2 Å². The van der Waals surface area contributed by atoms with Gasteiger partial charge in [-0.05, 0) is 31.0 Å². The molecule has 1 atom stereocenters. The smallest absolute Gasteiger partial charge is 0.320 e. The van der Waals surface area contributed by atoms with E-state index in [0.29, 0.717) is 5.69 Å². The van der Waals surface area contributed by atoms with Gasteiger partial charge in [0.1, 0.15) is 6.04 Å². The molecular formula is C17H25N3O4. The number of nitrogens with one attached hydrogen (secondary N) is 2. The number of aryl methyl sites for hydroxylation is 1. The topological polar surface area (TPSA) is 98.7 Å². The number of rotatable bonds is 9. The van der Waals surface area contributed by atoms with Crippen LogP contribution in [0.25, 0.3) is 0 Å². The highest BCUT2D eigenvalue weighted by atomic mass is 16.4. The van der Waals surface area contributed by atoms with Crippen LogP contribution in [0.2, 0.25) is 0 Å². The molecule has 24 heavy (non-hydrogen) atoms. The van der Waals surface area contributed by atoms with Crippen molar-refractivity contribution < 1.29 is 19.5 Å². The number of hydrogen-bond acceptors (Lipinski definition) is 4. The molecule has 0 aromatic heterocycles. The second-order valence-electron chi connectivity index (χ2n) is 5.57. The van der Waals surface area contributed by atoms with E-state index in [1.54, 1.807) is 6.07 Å². The number of carboxylic acids is 1.